The fraction of sp³-hybridized carbons (Fsp3) is 0.714. The van der Waals surface area contributed by atoms with Gasteiger partial charge in [-0.25, -0.2) is 13.1 Å². The van der Waals surface area contributed by atoms with Crippen LogP contribution in [0.15, 0.2) is 16.3 Å². The standard InChI is InChI=1S/C14H24N2O2S2/c1-11(2)4-3-7-16-20(17,18)14-8-13(19-10-14)9-15-12-5-6-12/h8,10-12,15-16H,3-7,9H2,1-2H3. The highest BCUT2D eigenvalue weighted by Crippen LogP contribution is 2.22. The van der Waals surface area contributed by atoms with Crippen LogP contribution >= 0.6 is 11.3 Å². The lowest BCUT2D eigenvalue weighted by atomic mass is 10.1. The van der Waals surface area contributed by atoms with Gasteiger partial charge in [0, 0.05) is 29.4 Å². The molecule has 2 rings (SSSR count). The topological polar surface area (TPSA) is 58.2 Å². The number of rotatable bonds is 9. The van der Waals surface area contributed by atoms with Crippen LogP contribution in [0.2, 0.25) is 0 Å². The van der Waals surface area contributed by atoms with Gasteiger partial charge in [-0.3, -0.25) is 0 Å². The second kappa shape index (κ2) is 7.02. The van der Waals surface area contributed by atoms with Gasteiger partial charge in [-0.1, -0.05) is 13.8 Å². The monoisotopic (exact) mass is 316 g/mol. The van der Waals surface area contributed by atoms with Crippen LogP contribution in [0.3, 0.4) is 0 Å². The Morgan fingerprint density at radius 2 is 2.15 bits per heavy atom. The summed E-state index contributed by atoms with van der Waals surface area (Å²) in [5, 5.41) is 5.13. The summed E-state index contributed by atoms with van der Waals surface area (Å²) in [6.07, 6.45) is 4.42. The van der Waals surface area contributed by atoms with Crippen LogP contribution in [0.1, 0.15) is 44.4 Å². The van der Waals surface area contributed by atoms with Gasteiger partial charge in [0.05, 0.1) is 4.90 Å². The maximum absolute atomic E-state index is 12.1. The van der Waals surface area contributed by atoms with E-state index in [1.165, 1.54) is 24.2 Å². The van der Waals surface area contributed by atoms with E-state index >= 15 is 0 Å². The Labute approximate surface area is 126 Å². The van der Waals surface area contributed by atoms with Gasteiger partial charge in [-0.15, -0.1) is 11.3 Å². The third-order valence-electron chi connectivity index (χ3n) is 3.33. The second-order valence-electron chi connectivity index (χ2n) is 5.84. The lowest BCUT2D eigenvalue weighted by molar-refractivity contribution is 0.540. The van der Waals surface area contributed by atoms with Crippen molar-refractivity contribution in [3.63, 3.8) is 0 Å². The smallest absolute Gasteiger partial charge is 0.241 e. The summed E-state index contributed by atoms with van der Waals surface area (Å²) >= 11 is 1.51. The van der Waals surface area contributed by atoms with E-state index in [1.807, 2.05) is 0 Å². The van der Waals surface area contributed by atoms with E-state index in [2.05, 4.69) is 23.9 Å². The normalized spacial score (nSPS) is 15.9. The molecule has 4 nitrogen and oxygen atoms in total. The molecule has 20 heavy (non-hydrogen) atoms. The Morgan fingerprint density at radius 3 is 2.80 bits per heavy atom. The zero-order valence-corrected chi connectivity index (χ0v) is 13.8. The highest BCUT2D eigenvalue weighted by Gasteiger charge is 2.21. The molecule has 1 heterocycles. The maximum atomic E-state index is 12.1. The molecule has 0 saturated heterocycles. The third kappa shape index (κ3) is 5.16. The van der Waals surface area contributed by atoms with Crippen molar-refractivity contribution in [2.45, 2.75) is 57.0 Å². The van der Waals surface area contributed by atoms with Gasteiger partial charge >= 0.3 is 0 Å². The van der Waals surface area contributed by atoms with E-state index in [1.54, 1.807) is 11.4 Å². The lowest BCUT2D eigenvalue weighted by Crippen LogP contribution is -2.24. The second-order valence-corrected chi connectivity index (χ2v) is 8.60. The van der Waals surface area contributed by atoms with Crippen LogP contribution in [0.25, 0.3) is 0 Å². The molecule has 0 aliphatic heterocycles. The molecule has 1 aliphatic rings. The molecule has 1 saturated carbocycles. The first-order valence-electron chi connectivity index (χ1n) is 7.28. The van der Waals surface area contributed by atoms with Crippen LogP contribution in [0, 0.1) is 5.92 Å². The minimum absolute atomic E-state index is 0.402. The van der Waals surface area contributed by atoms with Gasteiger partial charge in [-0.05, 0) is 37.7 Å². The molecule has 0 atom stereocenters. The zero-order valence-electron chi connectivity index (χ0n) is 12.2. The van der Waals surface area contributed by atoms with Crippen molar-refractivity contribution in [3.05, 3.63) is 16.3 Å². The average molecular weight is 316 g/mol. The van der Waals surface area contributed by atoms with Gasteiger partial charge in [-0.2, -0.15) is 0 Å². The molecule has 2 N–H and O–H groups in total. The molecule has 114 valence electrons. The van der Waals surface area contributed by atoms with E-state index in [-0.39, 0.29) is 0 Å². The summed E-state index contributed by atoms with van der Waals surface area (Å²) in [6.45, 7) is 5.59. The van der Waals surface area contributed by atoms with E-state index < -0.39 is 10.0 Å². The van der Waals surface area contributed by atoms with Crippen LogP contribution < -0.4 is 10.0 Å². The summed E-state index contributed by atoms with van der Waals surface area (Å²) in [5.74, 6) is 0.612. The Hall–Kier alpha value is -0.430. The van der Waals surface area contributed by atoms with Crippen LogP contribution in [0.5, 0.6) is 0 Å². The number of hydrogen-bond acceptors (Lipinski definition) is 4. The summed E-state index contributed by atoms with van der Waals surface area (Å²) in [7, 11) is -3.33. The molecule has 0 bridgehead atoms. The van der Waals surface area contributed by atoms with Gasteiger partial charge in [0.2, 0.25) is 10.0 Å². The Kier molecular flexibility index (Phi) is 5.60. The molecule has 0 spiro atoms. The lowest BCUT2D eigenvalue weighted by Gasteiger charge is -2.06. The summed E-state index contributed by atoms with van der Waals surface area (Å²) in [4.78, 5) is 1.49. The molecule has 0 aromatic carbocycles. The molecular weight excluding hydrogens is 292 g/mol. The van der Waals surface area contributed by atoms with Crippen LogP contribution in [0.4, 0.5) is 0 Å². The maximum Gasteiger partial charge on any atom is 0.241 e. The predicted octanol–water partition coefficient (Wildman–Crippen LogP) is 2.71. The van der Waals surface area contributed by atoms with Gasteiger partial charge in [0.15, 0.2) is 0 Å². The van der Waals surface area contributed by atoms with E-state index in [0.717, 1.165) is 24.3 Å². The van der Waals surface area contributed by atoms with Gasteiger partial charge in [0.1, 0.15) is 0 Å². The molecule has 1 fully saturated rings. The number of sulfonamides is 1. The first kappa shape index (κ1) is 15.9. The fourth-order valence-corrected chi connectivity index (χ4v) is 4.23. The zero-order chi connectivity index (χ0) is 14.6. The first-order valence-corrected chi connectivity index (χ1v) is 9.64. The molecule has 1 aromatic rings. The predicted molar refractivity (Wildman–Crippen MR) is 83.4 cm³/mol. The van der Waals surface area contributed by atoms with Crippen molar-refractivity contribution in [1.82, 2.24) is 10.0 Å². The Bertz CT molecular complexity index is 519. The van der Waals surface area contributed by atoms with Crippen molar-refractivity contribution < 1.29 is 8.42 Å². The molecule has 1 aromatic heterocycles. The molecule has 1 aliphatic carbocycles. The fourth-order valence-electron chi connectivity index (χ4n) is 1.93. The molecule has 6 heteroatoms. The SMILES string of the molecule is CC(C)CCCNS(=O)(=O)c1csc(CNC2CC2)c1. The van der Waals surface area contributed by atoms with Crippen molar-refractivity contribution in [1.29, 1.82) is 0 Å². The Morgan fingerprint density at radius 1 is 1.40 bits per heavy atom. The van der Waals surface area contributed by atoms with Crippen LogP contribution in [-0.4, -0.2) is 21.0 Å². The van der Waals surface area contributed by atoms with Crippen molar-refractivity contribution in [3.8, 4) is 0 Å². The van der Waals surface area contributed by atoms with Gasteiger partial charge in [0.25, 0.3) is 0 Å². The minimum Gasteiger partial charge on any atom is -0.309 e. The molecular formula is C14H24N2O2S2. The molecule has 0 unspecified atom stereocenters. The summed E-state index contributed by atoms with van der Waals surface area (Å²) < 4.78 is 26.9. The minimum atomic E-state index is -3.33. The Balaban J connectivity index is 1.81. The first-order chi connectivity index (χ1) is 9.47. The van der Waals surface area contributed by atoms with Gasteiger partial charge < -0.3 is 5.32 Å². The van der Waals surface area contributed by atoms with Crippen molar-refractivity contribution in [2.75, 3.05) is 6.54 Å². The van der Waals surface area contributed by atoms with Crippen molar-refractivity contribution >= 4 is 21.4 Å². The third-order valence-corrected chi connectivity index (χ3v) is 5.86. The summed E-state index contributed by atoms with van der Waals surface area (Å²) in [6, 6.07) is 2.43. The molecule has 0 radical (unpaired) electrons. The summed E-state index contributed by atoms with van der Waals surface area (Å²) in [5.41, 5.74) is 0. The number of thiophene rings is 1. The quantitative estimate of drug-likeness (QED) is 0.689. The number of hydrogen-bond donors (Lipinski definition) is 2. The number of nitrogens with one attached hydrogen (secondary N) is 2. The highest BCUT2D eigenvalue weighted by atomic mass is 32.2. The van der Waals surface area contributed by atoms with E-state index in [0.29, 0.717) is 23.4 Å². The van der Waals surface area contributed by atoms with E-state index in [4.69, 9.17) is 0 Å². The van der Waals surface area contributed by atoms with Crippen molar-refractivity contribution in [2.24, 2.45) is 5.92 Å². The average Bonchev–Trinajstić information content (AvgIpc) is 3.08. The van der Waals surface area contributed by atoms with Crippen LogP contribution in [-0.2, 0) is 16.6 Å². The molecule has 0 amide bonds. The highest BCUT2D eigenvalue weighted by molar-refractivity contribution is 7.89. The van der Waals surface area contributed by atoms with E-state index in [9.17, 15) is 8.42 Å². The largest absolute Gasteiger partial charge is 0.309 e.